The lowest BCUT2D eigenvalue weighted by atomic mass is 10.2. The maximum absolute atomic E-state index is 12.0. The lowest BCUT2D eigenvalue weighted by Crippen LogP contribution is -2.45. The Balaban J connectivity index is 2.58. The van der Waals surface area contributed by atoms with Gasteiger partial charge in [0, 0.05) is 18.2 Å². The molecule has 2 amide bonds. The molecular weight excluding hydrogens is 326 g/mol. The van der Waals surface area contributed by atoms with Gasteiger partial charge in [-0.1, -0.05) is 36.0 Å². The minimum Gasteiger partial charge on any atom is -0.368 e. The van der Waals surface area contributed by atoms with Gasteiger partial charge in [-0.3, -0.25) is 14.4 Å². The second-order valence-corrected chi connectivity index (χ2v) is 5.45. The SMILES string of the molecule is CC(=O)N[C@@H](CSC(=O)c1ccc(CO[N+](=O)O)cc1)C(N)=O. The molecule has 0 fully saturated rings. The van der Waals surface area contributed by atoms with Crippen LogP contribution in [0.3, 0.4) is 0 Å². The van der Waals surface area contributed by atoms with Crippen molar-refractivity contribution < 1.29 is 29.5 Å². The first-order valence-electron chi connectivity index (χ1n) is 6.41. The largest absolute Gasteiger partial charge is 0.475 e. The summed E-state index contributed by atoms with van der Waals surface area (Å²) < 4.78 is 0. The van der Waals surface area contributed by atoms with Gasteiger partial charge in [-0.05, 0) is 5.56 Å². The molecule has 1 rings (SSSR count). The fraction of sp³-hybridized carbons (Fsp3) is 0.308. The molecule has 0 spiro atoms. The first-order chi connectivity index (χ1) is 10.8. The monoisotopic (exact) mass is 342 g/mol. The number of hydrogen-bond donors (Lipinski definition) is 3. The zero-order valence-corrected chi connectivity index (χ0v) is 13.0. The Labute approximate surface area is 135 Å². The van der Waals surface area contributed by atoms with Crippen LogP contribution in [0.5, 0.6) is 0 Å². The van der Waals surface area contributed by atoms with E-state index in [0.717, 1.165) is 11.8 Å². The number of primary amides is 1. The van der Waals surface area contributed by atoms with Crippen LogP contribution in [0.15, 0.2) is 24.3 Å². The van der Waals surface area contributed by atoms with E-state index < -0.39 is 22.9 Å². The number of benzene rings is 1. The molecule has 1 aromatic carbocycles. The van der Waals surface area contributed by atoms with Crippen molar-refractivity contribution in [2.45, 2.75) is 19.6 Å². The molecule has 9 nitrogen and oxygen atoms in total. The quantitative estimate of drug-likeness (QED) is 0.571. The zero-order chi connectivity index (χ0) is 17.4. The first-order valence-corrected chi connectivity index (χ1v) is 7.39. The molecule has 0 unspecified atom stereocenters. The van der Waals surface area contributed by atoms with Crippen LogP contribution in [0.1, 0.15) is 22.8 Å². The molecule has 0 saturated heterocycles. The van der Waals surface area contributed by atoms with Crippen LogP contribution in [0, 0.1) is 4.91 Å². The van der Waals surface area contributed by atoms with E-state index in [0.29, 0.717) is 11.1 Å². The van der Waals surface area contributed by atoms with E-state index in [1.165, 1.54) is 19.1 Å². The normalized spacial score (nSPS) is 11.3. The van der Waals surface area contributed by atoms with E-state index in [4.69, 9.17) is 10.9 Å². The Morgan fingerprint density at radius 2 is 1.96 bits per heavy atom. The molecule has 124 valence electrons. The third-order valence-electron chi connectivity index (χ3n) is 2.63. The maximum Gasteiger partial charge on any atom is 0.475 e. The molecule has 1 aromatic rings. The van der Waals surface area contributed by atoms with Crippen LogP contribution in [0.4, 0.5) is 0 Å². The van der Waals surface area contributed by atoms with E-state index in [9.17, 15) is 19.3 Å². The maximum atomic E-state index is 12.0. The molecule has 0 radical (unpaired) electrons. The molecule has 10 heteroatoms. The summed E-state index contributed by atoms with van der Waals surface area (Å²) in [4.78, 5) is 48.6. The number of thioether (sulfide) groups is 1. The van der Waals surface area contributed by atoms with Gasteiger partial charge in [0.1, 0.15) is 10.9 Å². The summed E-state index contributed by atoms with van der Waals surface area (Å²) >= 11 is 0.848. The standard InChI is InChI=1S/C13H15N3O6S/c1-8(17)15-11(12(14)18)7-23-13(19)10-4-2-9(3-5-10)6-22-16(20)21/h2-5,11H,6-7H2,1H3,(H3-,14,15,17,18,20,21)/p+1/t11-/m0/s1. The molecule has 0 aliphatic carbocycles. The fourth-order valence-corrected chi connectivity index (χ4v) is 2.42. The summed E-state index contributed by atoms with van der Waals surface area (Å²) in [6.07, 6.45) is 0. The Morgan fingerprint density at radius 1 is 1.35 bits per heavy atom. The highest BCUT2D eigenvalue weighted by atomic mass is 32.2. The zero-order valence-electron chi connectivity index (χ0n) is 12.2. The Kier molecular flexibility index (Phi) is 7.00. The highest BCUT2D eigenvalue weighted by Gasteiger charge is 2.19. The van der Waals surface area contributed by atoms with Crippen LogP contribution in [-0.2, 0) is 21.0 Å². The van der Waals surface area contributed by atoms with E-state index >= 15 is 0 Å². The van der Waals surface area contributed by atoms with Crippen LogP contribution in [-0.4, -0.2) is 39.0 Å². The molecule has 1 atom stereocenters. The molecule has 0 heterocycles. The average molecular weight is 342 g/mol. The van der Waals surface area contributed by atoms with Crippen molar-refractivity contribution in [1.82, 2.24) is 5.32 Å². The summed E-state index contributed by atoms with van der Waals surface area (Å²) in [6.45, 7) is 1.10. The Hall–Kier alpha value is -2.62. The van der Waals surface area contributed by atoms with Crippen molar-refractivity contribution >= 4 is 28.7 Å². The van der Waals surface area contributed by atoms with Gasteiger partial charge < -0.3 is 11.1 Å². The second-order valence-electron chi connectivity index (χ2n) is 4.46. The van der Waals surface area contributed by atoms with Crippen molar-refractivity contribution in [2.24, 2.45) is 5.73 Å². The third kappa shape index (κ3) is 6.78. The van der Waals surface area contributed by atoms with Gasteiger partial charge >= 0.3 is 5.09 Å². The topological polar surface area (TPSA) is 139 Å². The van der Waals surface area contributed by atoms with E-state index in [1.807, 2.05) is 0 Å². The molecule has 23 heavy (non-hydrogen) atoms. The van der Waals surface area contributed by atoms with Crippen LogP contribution < -0.4 is 11.1 Å². The molecule has 4 N–H and O–H groups in total. The fourth-order valence-electron chi connectivity index (χ4n) is 1.55. The van der Waals surface area contributed by atoms with Crippen molar-refractivity contribution in [2.75, 3.05) is 5.75 Å². The first kappa shape index (κ1) is 18.4. The highest BCUT2D eigenvalue weighted by Crippen LogP contribution is 2.15. The van der Waals surface area contributed by atoms with Gasteiger partial charge in [0.25, 0.3) is 0 Å². The van der Waals surface area contributed by atoms with Crippen molar-refractivity contribution in [3.8, 4) is 0 Å². The summed E-state index contributed by atoms with van der Waals surface area (Å²) in [5.41, 5.74) is 6.09. The van der Waals surface area contributed by atoms with Gasteiger partial charge in [0.05, 0.1) is 0 Å². The lowest BCUT2D eigenvalue weighted by Gasteiger charge is -2.13. The van der Waals surface area contributed by atoms with Gasteiger partial charge in [-0.15, -0.1) is 0 Å². The van der Waals surface area contributed by atoms with E-state index in [-0.39, 0.29) is 17.5 Å². The number of amides is 2. The summed E-state index contributed by atoms with van der Waals surface area (Å²) in [5.74, 6) is -1.12. The molecule has 0 aliphatic rings. The van der Waals surface area contributed by atoms with Crippen LogP contribution in [0.2, 0.25) is 0 Å². The Bertz CT molecular complexity index is 604. The molecule has 0 bridgehead atoms. The van der Waals surface area contributed by atoms with E-state index in [1.54, 1.807) is 12.1 Å². The number of carbonyl (C=O) groups excluding carboxylic acids is 3. The van der Waals surface area contributed by atoms with E-state index in [2.05, 4.69) is 10.2 Å². The van der Waals surface area contributed by atoms with Gasteiger partial charge in [-0.2, -0.15) is 4.84 Å². The van der Waals surface area contributed by atoms with Crippen LogP contribution >= 0.6 is 11.8 Å². The minimum absolute atomic E-state index is 0.0221. The molecule has 0 aromatic heterocycles. The second kappa shape index (κ2) is 8.73. The number of rotatable bonds is 8. The predicted molar refractivity (Wildman–Crippen MR) is 80.2 cm³/mol. The average Bonchev–Trinajstić information content (AvgIpc) is 2.49. The van der Waals surface area contributed by atoms with Gasteiger partial charge in [0.15, 0.2) is 6.61 Å². The highest BCUT2D eigenvalue weighted by molar-refractivity contribution is 8.14. The summed E-state index contributed by atoms with van der Waals surface area (Å²) in [7, 11) is 0. The number of nitrogens with two attached hydrogens (primary N) is 1. The summed E-state index contributed by atoms with van der Waals surface area (Å²) in [5, 5.41) is 9.72. The van der Waals surface area contributed by atoms with Crippen LogP contribution in [0.25, 0.3) is 0 Å². The lowest BCUT2D eigenvalue weighted by molar-refractivity contribution is -0.979. The van der Waals surface area contributed by atoms with Gasteiger partial charge in [-0.25, -0.2) is 5.21 Å². The number of nitrogens with zero attached hydrogens (tertiary/aromatic N) is 1. The molecule has 0 saturated carbocycles. The minimum atomic E-state index is -0.929. The smallest absolute Gasteiger partial charge is 0.368 e. The predicted octanol–water partition coefficient (Wildman–Crippen LogP) is 0.150. The number of nitrogens with one attached hydrogen (secondary N) is 1. The molecule has 0 aliphatic heterocycles. The van der Waals surface area contributed by atoms with Crippen molar-refractivity contribution in [1.29, 1.82) is 0 Å². The Morgan fingerprint density at radius 3 is 2.43 bits per heavy atom. The van der Waals surface area contributed by atoms with Crippen molar-refractivity contribution in [3.63, 3.8) is 0 Å². The number of hydrogen-bond acceptors (Lipinski definition) is 6. The van der Waals surface area contributed by atoms with Gasteiger partial charge in [0.2, 0.25) is 16.9 Å². The third-order valence-corrected chi connectivity index (χ3v) is 3.63. The summed E-state index contributed by atoms with van der Waals surface area (Å²) in [6, 6.07) is 5.20. The molecular formula is C13H16N3O6S+. The van der Waals surface area contributed by atoms with Crippen molar-refractivity contribution in [3.05, 3.63) is 40.3 Å². The number of carbonyl (C=O) groups is 3.